The van der Waals surface area contributed by atoms with Crippen LogP contribution in [0.25, 0.3) is 0 Å². The van der Waals surface area contributed by atoms with E-state index in [4.69, 9.17) is 15.6 Å². The topological polar surface area (TPSA) is 84.6 Å². The minimum absolute atomic E-state index is 0.0838. The molecule has 4 N–H and O–H groups in total. The van der Waals surface area contributed by atoms with Crippen LogP contribution < -0.4 is 11.1 Å². The number of aliphatic hydroxyl groups is 1. The van der Waals surface area contributed by atoms with Gasteiger partial charge in [0.1, 0.15) is 0 Å². The maximum atomic E-state index is 11.5. The van der Waals surface area contributed by atoms with Crippen LogP contribution in [-0.2, 0) is 16.1 Å². The Morgan fingerprint density at radius 1 is 1.28 bits per heavy atom. The summed E-state index contributed by atoms with van der Waals surface area (Å²) < 4.78 is 5.18. The molecule has 18 heavy (non-hydrogen) atoms. The Labute approximate surface area is 107 Å². The van der Waals surface area contributed by atoms with E-state index in [2.05, 4.69) is 5.32 Å². The molecule has 0 aliphatic rings. The molecule has 0 aliphatic heterocycles. The number of nitrogens with one attached hydrogen (secondary N) is 1. The van der Waals surface area contributed by atoms with Crippen molar-refractivity contribution in [3.63, 3.8) is 0 Å². The maximum Gasteiger partial charge on any atom is 0.226 e. The van der Waals surface area contributed by atoms with Crippen molar-refractivity contribution in [2.75, 3.05) is 25.1 Å². The largest absolute Gasteiger partial charge is 0.396 e. The van der Waals surface area contributed by atoms with Gasteiger partial charge in [0.15, 0.2) is 0 Å². The third-order valence-electron chi connectivity index (χ3n) is 2.39. The summed E-state index contributed by atoms with van der Waals surface area (Å²) >= 11 is 0. The smallest absolute Gasteiger partial charge is 0.226 e. The molecule has 5 nitrogen and oxygen atoms in total. The number of nitrogens with two attached hydrogens (primary N) is 1. The van der Waals surface area contributed by atoms with Crippen molar-refractivity contribution in [3.8, 4) is 0 Å². The van der Waals surface area contributed by atoms with Crippen LogP contribution in [-0.4, -0.2) is 30.8 Å². The van der Waals surface area contributed by atoms with Crippen LogP contribution in [0, 0.1) is 0 Å². The van der Waals surface area contributed by atoms with E-state index in [0.29, 0.717) is 32.6 Å². The van der Waals surface area contributed by atoms with E-state index in [1.54, 1.807) is 0 Å². The summed E-state index contributed by atoms with van der Waals surface area (Å²) in [6, 6.07) is 7.42. The van der Waals surface area contributed by atoms with Gasteiger partial charge >= 0.3 is 0 Å². The van der Waals surface area contributed by atoms with Crippen LogP contribution in [0.3, 0.4) is 0 Å². The number of aliphatic hydroxyl groups excluding tert-OH is 1. The summed E-state index contributed by atoms with van der Waals surface area (Å²) in [5, 5.41) is 11.3. The summed E-state index contributed by atoms with van der Waals surface area (Å²) in [6.45, 7) is 1.45. The second-order valence-electron chi connectivity index (χ2n) is 3.89. The first kappa shape index (κ1) is 14.6. The zero-order chi connectivity index (χ0) is 13.2. The minimum Gasteiger partial charge on any atom is -0.396 e. The lowest BCUT2D eigenvalue weighted by atomic mass is 10.2. The lowest BCUT2D eigenvalue weighted by Gasteiger charge is -2.06. The van der Waals surface area contributed by atoms with Crippen molar-refractivity contribution in [1.82, 2.24) is 0 Å². The molecule has 0 atom stereocenters. The minimum atomic E-state index is -0.0838. The van der Waals surface area contributed by atoms with Gasteiger partial charge in [-0.2, -0.15) is 0 Å². The van der Waals surface area contributed by atoms with Crippen LogP contribution in [0.1, 0.15) is 18.4 Å². The summed E-state index contributed by atoms with van der Waals surface area (Å²) in [6.07, 6.45) is 0.909. The predicted octanol–water partition coefficient (Wildman–Crippen LogP) is 0.873. The molecule has 0 aromatic heterocycles. The summed E-state index contributed by atoms with van der Waals surface area (Å²) in [5.41, 5.74) is 7.27. The Kier molecular flexibility index (Phi) is 7.01. The highest BCUT2D eigenvalue weighted by Gasteiger charge is 2.02. The lowest BCUT2D eigenvalue weighted by molar-refractivity contribution is -0.117. The van der Waals surface area contributed by atoms with Crippen molar-refractivity contribution in [2.45, 2.75) is 19.4 Å². The van der Waals surface area contributed by atoms with Crippen LogP contribution in [0.5, 0.6) is 0 Å². The van der Waals surface area contributed by atoms with Crippen LogP contribution in [0.4, 0.5) is 5.69 Å². The number of rotatable bonds is 8. The van der Waals surface area contributed by atoms with E-state index in [1.165, 1.54) is 0 Å². The molecule has 5 heteroatoms. The molecule has 0 spiro atoms. The number of hydrogen-bond donors (Lipinski definition) is 3. The van der Waals surface area contributed by atoms with Crippen molar-refractivity contribution >= 4 is 11.6 Å². The van der Waals surface area contributed by atoms with E-state index in [0.717, 1.165) is 11.3 Å². The van der Waals surface area contributed by atoms with Gasteiger partial charge in [-0.05, 0) is 24.1 Å². The predicted molar refractivity (Wildman–Crippen MR) is 70.1 cm³/mol. The van der Waals surface area contributed by atoms with Gasteiger partial charge in [0.2, 0.25) is 5.91 Å². The average molecular weight is 252 g/mol. The molecule has 1 aromatic rings. The molecule has 0 fully saturated rings. The Morgan fingerprint density at radius 2 is 2.00 bits per heavy atom. The van der Waals surface area contributed by atoms with Crippen molar-refractivity contribution < 1.29 is 14.6 Å². The molecule has 0 bridgehead atoms. The fourth-order valence-electron chi connectivity index (χ4n) is 1.38. The van der Waals surface area contributed by atoms with Gasteiger partial charge in [-0.25, -0.2) is 0 Å². The first-order chi connectivity index (χ1) is 8.76. The number of hydrogen-bond acceptors (Lipinski definition) is 4. The molecule has 0 saturated carbocycles. The van der Waals surface area contributed by atoms with Gasteiger partial charge in [-0.3, -0.25) is 4.79 Å². The Hall–Kier alpha value is -1.43. The third-order valence-corrected chi connectivity index (χ3v) is 2.39. The first-order valence-corrected chi connectivity index (χ1v) is 6.03. The molecule has 1 amide bonds. The fraction of sp³-hybridized carbons (Fsp3) is 0.462. The summed E-state index contributed by atoms with van der Waals surface area (Å²) in [4.78, 5) is 11.5. The van der Waals surface area contributed by atoms with E-state index < -0.39 is 0 Å². The number of amides is 1. The van der Waals surface area contributed by atoms with Crippen LogP contribution in [0.2, 0.25) is 0 Å². The number of carbonyl (C=O) groups excluding carboxylic acids is 1. The Morgan fingerprint density at radius 3 is 2.61 bits per heavy atom. The quantitative estimate of drug-likeness (QED) is 0.599. The summed E-state index contributed by atoms with van der Waals surface area (Å²) in [7, 11) is 0. The molecule has 1 aromatic carbocycles. The standard InChI is InChI=1S/C13H20N2O3/c14-10-11-2-4-12(5-3-11)15-13(17)6-9-18-8-1-7-16/h2-5,16H,1,6-10,14H2,(H,15,17). The van der Waals surface area contributed by atoms with Crippen LogP contribution >= 0.6 is 0 Å². The van der Waals surface area contributed by atoms with Crippen molar-refractivity contribution in [3.05, 3.63) is 29.8 Å². The van der Waals surface area contributed by atoms with Gasteiger partial charge < -0.3 is 20.9 Å². The van der Waals surface area contributed by atoms with Gasteiger partial charge in [-0.15, -0.1) is 0 Å². The van der Waals surface area contributed by atoms with Gasteiger partial charge in [0, 0.05) is 25.4 Å². The molecule has 1 rings (SSSR count). The SMILES string of the molecule is NCc1ccc(NC(=O)CCOCCCO)cc1. The molecular formula is C13H20N2O3. The molecule has 0 saturated heterocycles. The lowest BCUT2D eigenvalue weighted by Crippen LogP contribution is -2.14. The summed E-state index contributed by atoms with van der Waals surface area (Å²) in [5.74, 6) is -0.0838. The molecule has 0 heterocycles. The average Bonchev–Trinajstić information content (AvgIpc) is 2.39. The van der Waals surface area contributed by atoms with Crippen molar-refractivity contribution in [1.29, 1.82) is 0 Å². The van der Waals surface area contributed by atoms with E-state index >= 15 is 0 Å². The normalized spacial score (nSPS) is 10.3. The second-order valence-corrected chi connectivity index (χ2v) is 3.89. The first-order valence-electron chi connectivity index (χ1n) is 6.03. The maximum absolute atomic E-state index is 11.5. The van der Waals surface area contributed by atoms with Gasteiger partial charge in [0.05, 0.1) is 13.0 Å². The zero-order valence-electron chi connectivity index (χ0n) is 10.4. The van der Waals surface area contributed by atoms with E-state index in [-0.39, 0.29) is 12.5 Å². The fourth-order valence-corrected chi connectivity index (χ4v) is 1.38. The Balaban J connectivity index is 2.22. The van der Waals surface area contributed by atoms with E-state index in [9.17, 15) is 4.79 Å². The number of anilines is 1. The van der Waals surface area contributed by atoms with E-state index in [1.807, 2.05) is 24.3 Å². The molecule has 0 unspecified atom stereocenters. The molecule has 0 radical (unpaired) electrons. The zero-order valence-corrected chi connectivity index (χ0v) is 10.4. The number of carbonyl (C=O) groups is 1. The second kappa shape index (κ2) is 8.63. The number of benzene rings is 1. The van der Waals surface area contributed by atoms with Gasteiger partial charge in [0.25, 0.3) is 0 Å². The third kappa shape index (κ3) is 5.77. The Bertz CT molecular complexity index is 352. The highest BCUT2D eigenvalue weighted by Crippen LogP contribution is 2.09. The molecule has 100 valence electrons. The number of ether oxygens (including phenoxy) is 1. The molecule has 0 aliphatic carbocycles. The van der Waals surface area contributed by atoms with Gasteiger partial charge in [-0.1, -0.05) is 12.1 Å². The van der Waals surface area contributed by atoms with Crippen molar-refractivity contribution in [2.24, 2.45) is 5.73 Å². The highest BCUT2D eigenvalue weighted by molar-refractivity contribution is 5.90. The monoisotopic (exact) mass is 252 g/mol. The molecular weight excluding hydrogens is 232 g/mol. The van der Waals surface area contributed by atoms with Crippen LogP contribution in [0.15, 0.2) is 24.3 Å². The highest BCUT2D eigenvalue weighted by atomic mass is 16.5.